The summed E-state index contributed by atoms with van der Waals surface area (Å²) in [5.41, 5.74) is 2.29. The van der Waals surface area contributed by atoms with E-state index in [-0.39, 0.29) is 11.4 Å². The number of nitrogens with zero attached hydrogens (tertiary/aromatic N) is 3. The summed E-state index contributed by atoms with van der Waals surface area (Å²) in [7, 11) is -1.22. The van der Waals surface area contributed by atoms with Crippen LogP contribution in [0.2, 0.25) is 5.15 Å². The van der Waals surface area contributed by atoms with E-state index in [1.165, 1.54) is 5.69 Å². The first-order chi connectivity index (χ1) is 14.6. The molecular formula is C23H30ClN3O3S. The lowest BCUT2D eigenvalue weighted by Gasteiger charge is -2.50. The Balaban J connectivity index is 1.54. The molecule has 1 aromatic carbocycles. The maximum absolute atomic E-state index is 13.2. The Hall–Kier alpha value is -1.83. The Morgan fingerprint density at radius 3 is 2.35 bits per heavy atom. The van der Waals surface area contributed by atoms with E-state index in [2.05, 4.69) is 22.6 Å². The number of hydrogen-bond acceptors (Lipinski definition) is 4. The van der Waals surface area contributed by atoms with E-state index in [4.69, 9.17) is 11.6 Å². The van der Waals surface area contributed by atoms with Gasteiger partial charge in [-0.1, -0.05) is 11.6 Å². The highest BCUT2D eigenvalue weighted by atomic mass is 35.5. The van der Waals surface area contributed by atoms with Crippen molar-refractivity contribution < 1.29 is 13.2 Å². The summed E-state index contributed by atoms with van der Waals surface area (Å²) in [6.07, 6.45) is 1.68. The molecule has 2 aliphatic heterocycles. The quantitative estimate of drug-likeness (QED) is 0.696. The fourth-order valence-electron chi connectivity index (χ4n) is 4.99. The van der Waals surface area contributed by atoms with Gasteiger partial charge in [-0.25, -0.2) is 8.42 Å². The molecule has 1 amide bonds. The van der Waals surface area contributed by atoms with Gasteiger partial charge in [0.2, 0.25) is 0 Å². The zero-order chi connectivity index (χ0) is 22.6. The van der Waals surface area contributed by atoms with E-state index in [0.717, 1.165) is 31.1 Å². The monoisotopic (exact) mass is 463 g/mol. The highest BCUT2D eigenvalue weighted by Crippen LogP contribution is 2.42. The Bertz CT molecular complexity index is 1120. The molecule has 168 valence electrons. The summed E-state index contributed by atoms with van der Waals surface area (Å²) in [5.74, 6) is -0.0432. The first-order valence-corrected chi connectivity index (χ1v) is 12.7. The number of likely N-dealkylation sites (N-methyl/N-ethyl adjacent to an activating group) is 1. The fourth-order valence-corrected chi connectivity index (χ4v) is 6.50. The molecule has 4 rings (SSSR count). The molecule has 0 atom stereocenters. The number of carbonyl (C=O) groups is 1. The van der Waals surface area contributed by atoms with E-state index in [9.17, 15) is 13.2 Å². The first kappa shape index (κ1) is 22.4. The number of sulfone groups is 1. The van der Waals surface area contributed by atoms with Crippen molar-refractivity contribution >= 4 is 27.3 Å². The minimum absolute atomic E-state index is 0.0432. The zero-order valence-electron chi connectivity index (χ0n) is 18.6. The number of fused-ring (bicyclic) bond motifs is 2. The lowest BCUT2D eigenvalue weighted by molar-refractivity contribution is 0.0131. The molecule has 2 aliphatic rings. The van der Waals surface area contributed by atoms with Crippen LogP contribution in [0.5, 0.6) is 0 Å². The molecule has 0 saturated carbocycles. The second-order valence-corrected chi connectivity index (χ2v) is 11.9. The molecule has 0 radical (unpaired) electrons. The minimum atomic E-state index is -3.37. The average Bonchev–Trinajstić information content (AvgIpc) is 3.12. The summed E-state index contributed by atoms with van der Waals surface area (Å²) in [5, 5.41) is 0.277. The van der Waals surface area contributed by atoms with Crippen molar-refractivity contribution in [2.24, 2.45) is 0 Å². The van der Waals surface area contributed by atoms with Crippen molar-refractivity contribution in [3.8, 4) is 0 Å². The van der Waals surface area contributed by atoms with Gasteiger partial charge in [-0.05, 0) is 76.6 Å². The second kappa shape index (κ2) is 7.94. The molecule has 8 heteroatoms. The van der Waals surface area contributed by atoms with Gasteiger partial charge in [0.15, 0.2) is 9.84 Å². The van der Waals surface area contributed by atoms with Gasteiger partial charge in [-0.15, -0.1) is 0 Å². The topological polar surface area (TPSA) is 62.6 Å². The van der Waals surface area contributed by atoms with Gasteiger partial charge < -0.3 is 9.47 Å². The number of rotatable bonds is 3. The third-order valence-corrected chi connectivity index (χ3v) is 9.66. The van der Waals surface area contributed by atoms with Crippen molar-refractivity contribution in [2.45, 2.75) is 55.8 Å². The highest BCUT2D eigenvalue weighted by molar-refractivity contribution is 7.92. The van der Waals surface area contributed by atoms with Crippen LogP contribution < -0.4 is 0 Å². The lowest BCUT2D eigenvalue weighted by atomic mass is 9.81. The Kier molecular flexibility index (Phi) is 5.73. The third kappa shape index (κ3) is 3.60. The van der Waals surface area contributed by atoms with E-state index < -0.39 is 15.1 Å². The number of piperidine rings is 1. The van der Waals surface area contributed by atoms with Crippen LogP contribution in [0.15, 0.2) is 35.2 Å². The van der Waals surface area contributed by atoms with E-state index in [0.29, 0.717) is 29.1 Å². The van der Waals surface area contributed by atoms with Crippen molar-refractivity contribution in [1.29, 1.82) is 0 Å². The highest BCUT2D eigenvalue weighted by Gasteiger charge is 2.44. The molecular weight excluding hydrogens is 434 g/mol. The molecule has 6 nitrogen and oxygen atoms in total. The molecule has 1 fully saturated rings. The predicted octanol–water partition coefficient (Wildman–Crippen LogP) is 3.71. The van der Waals surface area contributed by atoms with Gasteiger partial charge in [0.1, 0.15) is 5.15 Å². The summed E-state index contributed by atoms with van der Waals surface area (Å²) >= 11 is 6.38. The molecule has 0 bridgehead atoms. The number of benzene rings is 1. The van der Waals surface area contributed by atoms with E-state index in [1.54, 1.807) is 39.0 Å². The van der Waals surface area contributed by atoms with Crippen LogP contribution in [0.4, 0.5) is 0 Å². The molecule has 3 heterocycles. The Labute approximate surface area is 189 Å². The minimum Gasteiger partial charge on any atom is -0.338 e. The molecule has 1 spiro atoms. The van der Waals surface area contributed by atoms with Crippen LogP contribution in [0.25, 0.3) is 0 Å². The molecule has 31 heavy (non-hydrogen) atoms. The summed E-state index contributed by atoms with van der Waals surface area (Å²) in [6, 6.07) is 9.01. The number of likely N-dealkylation sites (tertiary alicyclic amines) is 1. The van der Waals surface area contributed by atoms with Gasteiger partial charge in [0, 0.05) is 37.4 Å². The maximum Gasteiger partial charge on any atom is 0.253 e. The maximum atomic E-state index is 13.2. The lowest BCUT2D eigenvalue weighted by Crippen LogP contribution is -2.56. The Morgan fingerprint density at radius 2 is 1.74 bits per heavy atom. The van der Waals surface area contributed by atoms with Crippen molar-refractivity contribution in [1.82, 2.24) is 14.4 Å². The fraction of sp³-hybridized carbons (Fsp3) is 0.522. The largest absolute Gasteiger partial charge is 0.338 e. The predicted molar refractivity (Wildman–Crippen MR) is 122 cm³/mol. The van der Waals surface area contributed by atoms with Gasteiger partial charge in [-0.2, -0.15) is 0 Å². The van der Waals surface area contributed by atoms with Gasteiger partial charge >= 0.3 is 0 Å². The van der Waals surface area contributed by atoms with Gasteiger partial charge in [0.25, 0.3) is 5.91 Å². The summed E-state index contributed by atoms with van der Waals surface area (Å²) in [4.78, 5) is 17.8. The number of aromatic nitrogens is 1. The Morgan fingerprint density at radius 1 is 1.06 bits per heavy atom. The molecule has 0 aliphatic carbocycles. The SMILES string of the molecule is Cc1cc(C(=O)N2CCC3(CC2)c2ccc(Cl)n2CCN3C)ccc1S(=O)(=O)C(C)C. The second-order valence-electron chi connectivity index (χ2n) is 9.01. The zero-order valence-corrected chi connectivity index (χ0v) is 20.1. The molecule has 0 N–H and O–H groups in total. The van der Waals surface area contributed by atoms with Crippen LogP contribution in [-0.4, -0.2) is 60.6 Å². The number of hydrogen-bond donors (Lipinski definition) is 0. The standard InChI is InChI=1S/C23H30ClN3O3S/c1-16(2)31(29,30)19-6-5-18(15-17(19)3)22(28)26-11-9-23(10-12-26)20-7-8-21(24)27(20)14-13-25(23)4/h5-8,15-16H,9-14H2,1-4H3. The molecule has 0 unspecified atom stereocenters. The van der Waals surface area contributed by atoms with E-state index >= 15 is 0 Å². The first-order valence-electron chi connectivity index (χ1n) is 10.8. The van der Waals surface area contributed by atoms with Crippen LogP contribution in [0, 0.1) is 6.92 Å². The third-order valence-electron chi connectivity index (χ3n) is 7.02. The summed E-state index contributed by atoms with van der Waals surface area (Å²) < 4.78 is 27.2. The molecule has 1 saturated heterocycles. The van der Waals surface area contributed by atoms with E-state index in [1.807, 2.05) is 11.0 Å². The number of amides is 1. The van der Waals surface area contributed by atoms with Gasteiger partial charge in [0.05, 0.1) is 15.7 Å². The van der Waals surface area contributed by atoms with Crippen LogP contribution in [0.1, 0.15) is 48.3 Å². The van der Waals surface area contributed by atoms with Crippen LogP contribution >= 0.6 is 11.6 Å². The number of carbonyl (C=O) groups excluding carboxylic acids is 1. The summed E-state index contributed by atoms with van der Waals surface area (Å²) in [6.45, 7) is 8.21. The van der Waals surface area contributed by atoms with Crippen molar-refractivity contribution in [3.05, 3.63) is 52.3 Å². The average molecular weight is 464 g/mol. The molecule has 1 aromatic heterocycles. The smallest absolute Gasteiger partial charge is 0.253 e. The van der Waals surface area contributed by atoms with Crippen molar-refractivity contribution in [3.63, 3.8) is 0 Å². The number of halogens is 1. The van der Waals surface area contributed by atoms with Crippen LogP contribution in [-0.2, 0) is 21.9 Å². The molecule has 2 aromatic rings. The number of aryl methyl sites for hydroxylation is 1. The van der Waals surface area contributed by atoms with Crippen molar-refractivity contribution in [2.75, 3.05) is 26.7 Å². The van der Waals surface area contributed by atoms with Crippen LogP contribution in [0.3, 0.4) is 0 Å². The van der Waals surface area contributed by atoms with Gasteiger partial charge in [-0.3, -0.25) is 9.69 Å². The normalized spacial score (nSPS) is 19.1.